The molecule has 0 aromatic heterocycles. The van der Waals surface area contributed by atoms with Gasteiger partial charge in [0.1, 0.15) is 12.0 Å². The van der Waals surface area contributed by atoms with Gasteiger partial charge in [-0.3, -0.25) is 5.32 Å². The summed E-state index contributed by atoms with van der Waals surface area (Å²) in [6.07, 6.45) is 0.881. The standard InChI is InChI=1S/C7H13NO2/c1-5-6(4-9)8-7(2,3)10-5/h4-6,8H,1-3H3/t5-,6-/m1/s1. The number of carbonyl (C=O) groups is 1. The third kappa shape index (κ3) is 1.36. The van der Waals surface area contributed by atoms with Gasteiger partial charge in [-0.2, -0.15) is 0 Å². The van der Waals surface area contributed by atoms with E-state index in [9.17, 15) is 4.79 Å². The van der Waals surface area contributed by atoms with Crippen molar-refractivity contribution in [2.45, 2.75) is 38.6 Å². The van der Waals surface area contributed by atoms with Gasteiger partial charge in [0, 0.05) is 0 Å². The van der Waals surface area contributed by atoms with Crippen molar-refractivity contribution in [3.05, 3.63) is 0 Å². The lowest BCUT2D eigenvalue weighted by atomic mass is 10.2. The van der Waals surface area contributed by atoms with Gasteiger partial charge in [0.15, 0.2) is 0 Å². The molecule has 1 fully saturated rings. The third-order valence-electron chi connectivity index (χ3n) is 1.65. The summed E-state index contributed by atoms with van der Waals surface area (Å²) in [6.45, 7) is 5.71. The molecule has 2 atom stereocenters. The van der Waals surface area contributed by atoms with Gasteiger partial charge in [0.25, 0.3) is 0 Å². The van der Waals surface area contributed by atoms with Gasteiger partial charge in [0.2, 0.25) is 0 Å². The minimum Gasteiger partial charge on any atom is -0.356 e. The lowest BCUT2D eigenvalue weighted by Gasteiger charge is -2.16. The number of aldehydes is 1. The smallest absolute Gasteiger partial charge is 0.139 e. The zero-order chi connectivity index (χ0) is 7.78. The van der Waals surface area contributed by atoms with Crippen LogP contribution in [0.1, 0.15) is 20.8 Å². The molecule has 0 radical (unpaired) electrons. The fourth-order valence-corrected chi connectivity index (χ4v) is 1.24. The zero-order valence-corrected chi connectivity index (χ0v) is 6.55. The largest absolute Gasteiger partial charge is 0.356 e. The van der Waals surface area contributed by atoms with Crippen LogP contribution < -0.4 is 5.32 Å². The van der Waals surface area contributed by atoms with Gasteiger partial charge in [0.05, 0.1) is 12.1 Å². The average Bonchev–Trinajstić information content (AvgIpc) is 2.05. The molecule has 0 spiro atoms. The van der Waals surface area contributed by atoms with Crippen LogP contribution in [0.4, 0.5) is 0 Å². The van der Waals surface area contributed by atoms with E-state index in [0.717, 1.165) is 6.29 Å². The van der Waals surface area contributed by atoms with E-state index in [1.54, 1.807) is 0 Å². The highest BCUT2D eigenvalue weighted by molar-refractivity contribution is 5.59. The number of hydrogen-bond acceptors (Lipinski definition) is 3. The molecule has 1 rings (SSSR count). The predicted molar refractivity (Wildman–Crippen MR) is 37.6 cm³/mol. The first-order valence-corrected chi connectivity index (χ1v) is 3.46. The molecule has 0 aromatic carbocycles. The highest BCUT2D eigenvalue weighted by Crippen LogP contribution is 2.18. The fourth-order valence-electron chi connectivity index (χ4n) is 1.24. The number of rotatable bonds is 1. The van der Waals surface area contributed by atoms with Gasteiger partial charge in [-0.15, -0.1) is 0 Å². The van der Waals surface area contributed by atoms with Crippen LogP contribution >= 0.6 is 0 Å². The second kappa shape index (κ2) is 2.32. The van der Waals surface area contributed by atoms with E-state index in [4.69, 9.17) is 4.74 Å². The SMILES string of the molecule is C[C@H]1OC(C)(C)N[C@@H]1C=O. The molecule has 0 bridgehead atoms. The van der Waals surface area contributed by atoms with Crippen LogP contribution in [0.15, 0.2) is 0 Å². The Morgan fingerprint density at radius 1 is 1.60 bits per heavy atom. The van der Waals surface area contributed by atoms with Gasteiger partial charge < -0.3 is 9.53 Å². The Hall–Kier alpha value is -0.410. The molecule has 1 N–H and O–H groups in total. The summed E-state index contributed by atoms with van der Waals surface area (Å²) in [4.78, 5) is 10.4. The molecule has 3 heteroatoms. The van der Waals surface area contributed by atoms with Gasteiger partial charge >= 0.3 is 0 Å². The molecular weight excluding hydrogens is 130 g/mol. The molecular formula is C7H13NO2. The van der Waals surface area contributed by atoms with E-state index in [1.165, 1.54) is 0 Å². The topological polar surface area (TPSA) is 38.3 Å². The molecule has 1 aliphatic rings. The van der Waals surface area contributed by atoms with E-state index in [1.807, 2.05) is 20.8 Å². The first kappa shape index (κ1) is 7.69. The first-order valence-electron chi connectivity index (χ1n) is 3.46. The predicted octanol–water partition coefficient (Wildman–Crippen LogP) is 0.298. The van der Waals surface area contributed by atoms with Gasteiger partial charge in [-0.25, -0.2) is 0 Å². The quantitative estimate of drug-likeness (QED) is 0.536. The lowest BCUT2D eigenvalue weighted by molar-refractivity contribution is -0.110. The maximum Gasteiger partial charge on any atom is 0.139 e. The summed E-state index contributed by atoms with van der Waals surface area (Å²) in [5.74, 6) is 0. The van der Waals surface area contributed by atoms with Crippen LogP contribution in [0.25, 0.3) is 0 Å². The molecule has 3 nitrogen and oxygen atoms in total. The molecule has 0 aliphatic carbocycles. The summed E-state index contributed by atoms with van der Waals surface area (Å²) in [5.41, 5.74) is -0.342. The monoisotopic (exact) mass is 143 g/mol. The molecule has 1 saturated heterocycles. The van der Waals surface area contributed by atoms with Crippen molar-refractivity contribution in [3.63, 3.8) is 0 Å². The molecule has 0 amide bonds. The number of carbonyl (C=O) groups excluding carboxylic acids is 1. The Morgan fingerprint density at radius 2 is 2.20 bits per heavy atom. The van der Waals surface area contributed by atoms with Crippen molar-refractivity contribution < 1.29 is 9.53 Å². The summed E-state index contributed by atoms with van der Waals surface area (Å²) in [6, 6.07) is -0.144. The van der Waals surface area contributed by atoms with E-state index in [-0.39, 0.29) is 17.9 Å². The van der Waals surface area contributed by atoms with E-state index < -0.39 is 0 Å². The highest BCUT2D eigenvalue weighted by atomic mass is 16.5. The molecule has 0 unspecified atom stereocenters. The Morgan fingerprint density at radius 3 is 2.40 bits per heavy atom. The van der Waals surface area contributed by atoms with E-state index >= 15 is 0 Å². The summed E-state index contributed by atoms with van der Waals surface area (Å²) < 4.78 is 5.41. The Kier molecular flexibility index (Phi) is 1.79. The fraction of sp³-hybridized carbons (Fsp3) is 0.857. The first-order chi connectivity index (χ1) is 4.55. The van der Waals surface area contributed by atoms with Crippen molar-refractivity contribution in [1.82, 2.24) is 5.32 Å². The van der Waals surface area contributed by atoms with Crippen molar-refractivity contribution in [3.8, 4) is 0 Å². The van der Waals surface area contributed by atoms with Crippen LogP contribution in [0, 0.1) is 0 Å². The normalized spacial score (nSPS) is 37.9. The molecule has 1 aliphatic heterocycles. The van der Waals surface area contributed by atoms with Crippen molar-refractivity contribution in [2.24, 2.45) is 0 Å². The molecule has 1 heterocycles. The second-order valence-electron chi connectivity index (χ2n) is 3.14. The van der Waals surface area contributed by atoms with E-state index in [2.05, 4.69) is 5.32 Å². The number of ether oxygens (including phenoxy) is 1. The Balaban J connectivity index is 2.60. The minimum absolute atomic E-state index is 0.00694. The summed E-state index contributed by atoms with van der Waals surface area (Å²) >= 11 is 0. The van der Waals surface area contributed by atoms with Gasteiger partial charge in [-0.1, -0.05) is 0 Å². The molecule has 10 heavy (non-hydrogen) atoms. The van der Waals surface area contributed by atoms with Crippen molar-refractivity contribution >= 4 is 6.29 Å². The molecule has 0 saturated carbocycles. The zero-order valence-electron chi connectivity index (χ0n) is 6.55. The summed E-state index contributed by atoms with van der Waals surface area (Å²) in [5, 5.41) is 3.04. The number of hydrogen-bond donors (Lipinski definition) is 1. The van der Waals surface area contributed by atoms with Crippen LogP contribution in [0.3, 0.4) is 0 Å². The van der Waals surface area contributed by atoms with E-state index in [0.29, 0.717) is 0 Å². The van der Waals surface area contributed by atoms with Crippen molar-refractivity contribution in [1.29, 1.82) is 0 Å². The highest BCUT2D eigenvalue weighted by Gasteiger charge is 2.36. The van der Waals surface area contributed by atoms with Crippen LogP contribution in [0.2, 0.25) is 0 Å². The number of nitrogens with one attached hydrogen (secondary N) is 1. The third-order valence-corrected chi connectivity index (χ3v) is 1.65. The van der Waals surface area contributed by atoms with Crippen LogP contribution in [0.5, 0.6) is 0 Å². The second-order valence-corrected chi connectivity index (χ2v) is 3.14. The van der Waals surface area contributed by atoms with Crippen LogP contribution in [-0.2, 0) is 9.53 Å². The maximum absolute atomic E-state index is 10.4. The maximum atomic E-state index is 10.4. The minimum atomic E-state index is -0.342. The lowest BCUT2D eigenvalue weighted by Crippen LogP contribution is -2.39. The molecule has 58 valence electrons. The Bertz CT molecular complexity index is 145. The van der Waals surface area contributed by atoms with Crippen molar-refractivity contribution in [2.75, 3.05) is 0 Å². The van der Waals surface area contributed by atoms with Crippen LogP contribution in [-0.4, -0.2) is 24.2 Å². The van der Waals surface area contributed by atoms with Gasteiger partial charge in [-0.05, 0) is 20.8 Å². The molecule has 0 aromatic rings. The summed E-state index contributed by atoms with van der Waals surface area (Å²) in [7, 11) is 0. The average molecular weight is 143 g/mol. The Labute approximate surface area is 60.7 Å².